The van der Waals surface area contributed by atoms with E-state index in [9.17, 15) is 14.4 Å². The molecule has 0 aliphatic carbocycles. The Balaban J connectivity index is 1.71. The van der Waals surface area contributed by atoms with Crippen molar-refractivity contribution in [1.29, 1.82) is 0 Å². The van der Waals surface area contributed by atoms with Crippen LogP contribution in [-0.2, 0) is 16.0 Å². The molecule has 1 N–H and O–H groups in total. The number of hydrogen-bond acceptors (Lipinski definition) is 4. The van der Waals surface area contributed by atoms with Gasteiger partial charge in [0.1, 0.15) is 0 Å². The molecule has 0 radical (unpaired) electrons. The Morgan fingerprint density at radius 1 is 0.833 bits per heavy atom. The van der Waals surface area contributed by atoms with Gasteiger partial charge in [-0.25, -0.2) is 4.79 Å². The Kier molecular flexibility index (Phi) is 6.75. The number of ether oxygens (including phenoxy) is 1. The van der Waals surface area contributed by atoms with Crippen LogP contribution in [0.2, 0.25) is 0 Å². The first-order valence-electron chi connectivity index (χ1n) is 9.79. The molecule has 0 heterocycles. The molecule has 3 rings (SSSR count). The van der Waals surface area contributed by atoms with Gasteiger partial charge >= 0.3 is 5.97 Å². The first-order chi connectivity index (χ1) is 14.5. The second-order valence-corrected chi connectivity index (χ2v) is 6.83. The third-order valence-electron chi connectivity index (χ3n) is 4.71. The van der Waals surface area contributed by atoms with Crippen LogP contribution in [0.1, 0.15) is 45.7 Å². The molecule has 0 aromatic heterocycles. The van der Waals surface area contributed by atoms with Crippen molar-refractivity contribution in [1.82, 2.24) is 0 Å². The van der Waals surface area contributed by atoms with E-state index in [1.807, 2.05) is 18.2 Å². The van der Waals surface area contributed by atoms with Crippen molar-refractivity contribution < 1.29 is 19.1 Å². The van der Waals surface area contributed by atoms with E-state index in [0.717, 1.165) is 12.0 Å². The lowest BCUT2D eigenvalue weighted by Gasteiger charge is -2.15. The maximum Gasteiger partial charge on any atom is 0.339 e. The number of esters is 1. The molecule has 1 amide bonds. The van der Waals surface area contributed by atoms with Crippen molar-refractivity contribution in [2.45, 2.75) is 26.4 Å². The van der Waals surface area contributed by atoms with E-state index >= 15 is 0 Å². The van der Waals surface area contributed by atoms with Crippen molar-refractivity contribution in [2.24, 2.45) is 0 Å². The summed E-state index contributed by atoms with van der Waals surface area (Å²) in [5.74, 6) is -1.45. The molecule has 5 heteroatoms. The number of carbonyl (C=O) groups is 3. The average Bonchev–Trinajstić information content (AvgIpc) is 2.79. The second-order valence-electron chi connectivity index (χ2n) is 6.83. The molecule has 152 valence electrons. The third kappa shape index (κ3) is 5.00. The van der Waals surface area contributed by atoms with Gasteiger partial charge in [0, 0.05) is 16.8 Å². The quantitative estimate of drug-likeness (QED) is 0.461. The Morgan fingerprint density at radius 2 is 1.43 bits per heavy atom. The molecule has 1 atom stereocenters. The van der Waals surface area contributed by atoms with Gasteiger partial charge in [0.25, 0.3) is 5.91 Å². The summed E-state index contributed by atoms with van der Waals surface area (Å²) < 4.78 is 5.34. The number of ketones is 1. The molecule has 3 aromatic rings. The van der Waals surface area contributed by atoms with E-state index in [2.05, 4.69) is 12.2 Å². The lowest BCUT2D eigenvalue weighted by Crippen LogP contribution is -2.30. The summed E-state index contributed by atoms with van der Waals surface area (Å²) in [7, 11) is 0. The fraction of sp³-hybridized carbons (Fsp3) is 0.160. The standard InChI is InChI=1S/C25H23NO4/c1-3-18-13-15-20(16-14-18)26-24(28)17(2)30-25(29)22-12-8-7-11-21(22)23(27)19-9-5-4-6-10-19/h4-17H,3H2,1-2H3,(H,26,28)/t17-/m1/s1. The highest BCUT2D eigenvalue weighted by atomic mass is 16.5. The van der Waals surface area contributed by atoms with Gasteiger partial charge in [0.15, 0.2) is 11.9 Å². The first kappa shape index (κ1) is 21.0. The van der Waals surface area contributed by atoms with Crippen molar-refractivity contribution in [3.8, 4) is 0 Å². The van der Waals surface area contributed by atoms with Crippen LogP contribution in [0.25, 0.3) is 0 Å². The Hall–Kier alpha value is -3.73. The number of rotatable bonds is 7. The fourth-order valence-electron chi connectivity index (χ4n) is 2.95. The summed E-state index contributed by atoms with van der Waals surface area (Å²) in [6, 6.07) is 22.6. The number of aryl methyl sites for hydroxylation is 1. The molecule has 0 fully saturated rings. The highest BCUT2D eigenvalue weighted by Gasteiger charge is 2.23. The molecule has 0 aliphatic rings. The molecule has 0 saturated heterocycles. The van der Waals surface area contributed by atoms with Gasteiger partial charge in [-0.15, -0.1) is 0 Å². The molecule has 0 bridgehead atoms. The SMILES string of the molecule is CCc1ccc(NC(=O)[C@@H](C)OC(=O)c2ccccc2C(=O)c2ccccc2)cc1. The molecular formula is C25H23NO4. The van der Waals surface area contributed by atoms with Gasteiger partial charge in [-0.2, -0.15) is 0 Å². The van der Waals surface area contributed by atoms with Crippen molar-refractivity contribution in [3.63, 3.8) is 0 Å². The van der Waals surface area contributed by atoms with E-state index in [1.165, 1.54) is 13.0 Å². The minimum absolute atomic E-state index is 0.123. The minimum atomic E-state index is -1.02. The van der Waals surface area contributed by atoms with E-state index in [-0.39, 0.29) is 16.9 Å². The highest BCUT2D eigenvalue weighted by Crippen LogP contribution is 2.17. The lowest BCUT2D eigenvalue weighted by atomic mass is 9.98. The van der Waals surface area contributed by atoms with Crippen LogP contribution in [0.4, 0.5) is 5.69 Å². The second kappa shape index (κ2) is 9.65. The van der Waals surface area contributed by atoms with Gasteiger partial charge in [-0.3, -0.25) is 9.59 Å². The summed E-state index contributed by atoms with van der Waals surface area (Å²) in [5.41, 5.74) is 2.61. The van der Waals surface area contributed by atoms with Crippen LogP contribution in [0.3, 0.4) is 0 Å². The smallest absolute Gasteiger partial charge is 0.339 e. The van der Waals surface area contributed by atoms with Gasteiger partial charge < -0.3 is 10.1 Å². The zero-order chi connectivity index (χ0) is 21.5. The average molecular weight is 401 g/mol. The number of nitrogens with one attached hydrogen (secondary N) is 1. The number of amides is 1. The van der Waals surface area contributed by atoms with Crippen LogP contribution < -0.4 is 5.32 Å². The minimum Gasteiger partial charge on any atom is -0.449 e. The lowest BCUT2D eigenvalue weighted by molar-refractivity contribution is -0.123. The third-order valence-corrected chi connectivity index (χ3v) is 4.71. The summed E-state index contributed by atoms with van der Waals surface area (Å²) >= 11 is 0. The zero-order valence-corrected chi connectivity index (χ0v) is 16.9. The summed E-state index contributed by atoms with van der Waals surface area (Å²) in [4.78, 5) is 37.9. The Bertz CT molecular complexity index is 1040. The molecule has 0 spiro atoms. The monoisotopic (exact) mass is 401 g/mol. The molecule has 5 nitrogen and oxygen atoms in total. The molecule has 3 aromatic carbocycles. The van der Waals surface area contributed by atoms with E-state index in [1.54, 1.807) is 54.6 Å². The van der Waals surface area contributed by atoms with Gasteiger partial charge in [0.05, 0.1) is 5.56 Å². The van der Waals surface area contributed by atoms with Crippen molar-refractivity contribution in [3.05, 3.63) is 101 Å². The largest absolute Gasteiger partial charge is 0.449 e. The normalized spacial score (nSPS) is 11.4. The van der Waals surface area contributed by atoms with Crippen LogP contribution in [0.5, 0.6) is 0 Å². The molecular weight excluding hydrogens is 378 g/mol. The van der Waals surface area contributed by atoms with Gasteiger partial charge in [-0.1, -0.05) is 67.6 Å². The van der Waals surface area contributed by atoms with Crippen molar-refractivity contribution in [2.75, 3.05) is 5.32 Å². The summed E-state index contributed by atoms with van der Waals surface area (Å²) in [6.07, 6.45) is -0.119. The first-order valence-corrected chi connectivity index (χ1v) is 9.79. The van der Waals surface area contributed by atoms with Crippen LogP contribution >= 0.6 is 0 Å². The number of benzene rings is 3. The van der Waals surface area contributed by atoms with Crippen molar-refractivity contribution >= 4 is 23.3 Å². The van der Waals surface area contributed by atoms with E-state index < -0.39 is 18.0 Å². The summed E-state index contributed by atoms with van der Waals surface area (Å²) in [6.45, 7) is 3.55. The van der Waals surface area contributed by atoms with Crippen LogP contribution in [-0.4, -0.2) is 23.8 Å². The maximum atomic E-state index is 12.8. The Morgan fingerprint density at radius 3 is 2.07 bits per heavy atom. The van der Waals surface area contributed by atoms with Crippen LogP contribution in [0.15, 0.2) is 78.9 Å². The number of anilines is 1. The van der Waals surface area contributed by atoms with Gasteiger partial charge in [-0.05, 0) is 37.1 Å². The highest BCUT2D eigenvalue weighted by molar-refractivity contribution is 6.14. The fourth-order valence-corrected chi connectivity index (χ4v) is 2.95. The number of carbonyl (C=O) groups excluding carboxylic acids is 3. The topological polar surface area (TPSA) is 72.5 Å². The molecule has 0 unspecified atom stereocenters. The zero-order valence-electron chi connectivity index (χ0n) is 16.9. The Labute approximate surface area is 175 Å². The maximum absolute atomic E-state index is 12.8. The van der Waals surface area contributed by atoms with Gasteiger partial charge in [0.2, 0.25) is 0 Å². The predicted molar refractivity (Wildman–Crippen MR) is 116 cm³/mol. The van der Waals surface area contributed by atoms with E-state index in [4.69, 9.17) is 4.74 Å². The van der Waals surface area contributed by atoms with E-state index in [0.29, 0.717) is 11.3 Å². The summed E-state index contributed by atoms with van der Waals surface area (Å²) in [5, 5.41) is 2.73. The van der Waals surface area contributed by atoms with Crippen LogP contribution in [0, 0.1) is 0 Å². The molecule has 0 aliphatic heterocycles. The number of hydrogen-bond donors (Lipinski definition) is 1. The molecule has 0 saturated carbocycles. The predicted octanol–water partition coefficient (Wildman–Crippen LogP) is 4.66. The molecule has 30 heavy (non-hydrogen) atoms.